The van der Waals surface area contributed by atoms with Crippen LogP contribution in [0.15, 0.2) is 104 Å². The fraction of sp³-hybridized carbons (Fsp3) is 0. The average molecular weight is 611 g/mol. The molecule has 0 unspecified atom stereocenters. The molecule has 1 heterocycles. The van der Waals surface area contributed by atoms with Gasteiger partial charge in [0.15, 0.2) is 11.5 Å². The van der Waals surface area contributed by atoms with Crippen LogP contribution in [0.4, 0.5) is 5.69 Å². The fourth-order valence-corrected chi connectivity index (χ4v) is 4.41. The van der Waals surface area contributed by atoms with E-state index in [9.17, 15) is 14.4 Å². The molecule has 10 heteroatoms. The summed E-state index contributed by atoms with van der Waals surface area (Å²) in [5.74, 6) is -1.08. The number of nitrogens with one attached hydrogen (secondary N) is 2. The first-order chi connectivity index (χ1) is 17.4. The van der Waals surface area contributed by atoms with Gasteiger partial charge in [0.2, 0.25) is 0 Å². The number of ether oxygens (including phenoxy) is 1. The van der Waals surface area contributed by atoms with Crippen LogP contribution in [-0.4, -0.2) is 24.0 Å². The van der Waals surface area contributed by atoms with Crippen LogP contribution in [0, 0.1) is 0 Å². The highest BCUT2D eigenvalue weighted by molar-refractivity contribution is 9.11. The molecule has 3 aromatic carbocycles. The number of rotatable bonds is 7. The Kier molecular flexibility index (Phi) is 8.09. The van der Waals surface area contributed by atoms with Crippen LogP contribution in [0.3, 0.4) is 0 Å². The molecule has 8 nitrogen and oxygen atoms in total. The number of hydrazone groups is 1. The van der Waals surface area contributed by atoms with Crippen molar-refractivity contribution >= 4 is 61.5 Å². The molecule has 0 aliphatic heterocycles. The molecule has 0 aliphatic carbocycles. The molecule has 0 bridgehead atoms. The lowest BCUT2D eigenvalue weighted by molar-refractivity contribution is 0.0732. The van der Waals surface area contributed by atoms with Crippen LogP contribution in [0.5, 0.6) is 5.75 Å². The van der Waals surface area contributed by atoms with Gasteiger partial charge in [-0.1, -0.05) is 40.2 Å². The number of hydrogen-bond donors (Lipinski definition) is 2. The number of furan rings is 1. The van der Waals surface area contributed by atoms with E-state index in [0.717, 1.165) is 0 Å². The van der Waals surface area contributed by atoms with Crippen molar-refractivity contribution in [3.8, 4) is 5.75 Å². The second-order valence-electron chi connectivity index (χ2n) is 7.27. The van der Waals surface area contributed by atoms with Gasteiger partial charge in [0.25, 0.3) is 11.8 Å². The maximum absolute atomic E-state index is 12.6. The molecule has 0 aliphatic rings. The van der Waals surface area contributed by atoms with Crippen LogP contribution in [-0.2, 0) is 0 Å². The molecule has 1 aromatic heterocycles. The predicted molar refractivity (Wildman–Crippen MR) is 141 cm³/mol. The van der Waals surface area contributed by atoms with Crippen molar-refractivity contribution in [2.45, 2.75) is 0 Å². The molecule has 4 aromatic rings. The van der Waals surface area contributed by atoms with Crippen LogP contribution < -0.4 is 15.5 Å². The molecule has 4 rings (SSSR count). The van der Waals surface area contributed by atoms with E-state index < -0.39 is 17.8 Å². The quantitative estimate of drug-likeness (QED) is 0.115. The number of amides is 2. The molecular formula is C26H17Br2N3O5. The number of benzene rings is 3. The van der Waals surface area contributed by atoms with Crippen LogP contribution in [0.25, 0.3) is 0 Å². The fourth-order valence-electron chi connectivity index (χ4n) is 3.07. The summed E-state index contributed by atoms with van der Waals surface area (Å²) >= 11 is 6.80. The van der Waals surface area contributed by atoms with E-state index in [4.69, 9.17) is 9.15 Å². The van der Waals surface area contributed by atoms with E-state index in [-0.39, 0.29) is 17.1 Å². The summed E-state index contributed by atoms with van der Waals surface area (Å²) in [6, 6.07) is 21.5. The van der Waals surface area contributed by atoms with E-state index in [0.29, 0.717) is 25.8 Å². The van der Waals surface area contributed by atoms with E-state index in [1.807, 2.05) is 0 Å². The largest absolute Gasteiger partial charge is 0.459 e. The minimum Gasteiger partial charge on any atom is -0.459 e. The molecule has 0 atom stereocenters. The van der Waals surface area contributed by atoms with Crippen molar-refractivity contribution in [2.75, 3.05) is 5.32 Å². The zero-order chi connectivity index (χ0) is 25.5. The van der Waals surface area contributed by atoms with Gasteiger partial charge in [-0.2, -0.15) is 5.10 Å². The van der Waals surface area contributed by atoms with E-state index in [1.165, 1.54) is 24.6 Å². The number of esters is 1. The van der Waals surface area contributed by atoms with Gasteiger partial charge in [-0.15, -0.1) is 0 Å². The number of halogens is 2. The van der Waals surface area contributed by atoms with Crippen LogP contribution in [0.2, 0.25) is 0 Å². The lowest BCUT2D eigenvalue weighted by Crippen LogP contribution is -2.18. The normalized spacial score (nSPS) is 10.7. The standard InChI is InChI=1S/C26H17Br2N3O5/c27-19-12-18(23(21(28)14-19)36-26(34)16-6-2-1-3-7-16)15-29-31-24(32)17-8-4-9-20(13-17)30-25(33)22-10-5-11-35-22/h1-15H,(H,30,33)(H,31,32). The summed E-state index contributed by atoms with van der Waals surface area (Å²) in [5, 5.41) is 6.68. The molecule has 36 heavy (non-hydrogen) atoms. The molecule has 0 radical (unpaired) electrons. The zero-order valence-electron chi connectivity index (χ0n) is 18.4. The third kappa shape index (κ3) is 6.35. The third-order valence-electron chi connectivity index (χ3n) is 4.74. The average Bonchev–Trinajstić information content (AvgIpc) is 3.42. The molecule has 0 saturated carbocycles. The lowest BCUT2D eigenvalue weighted by atomic mass is 10.2. The maximum Gasteiger partial charge on any atom is 0.343 e. The highest BCUT2D eigenvalue weighted by Crippen LogP contribution is 2.32. The van der Waals surface area contributed by atoms with Crippen molar-refractivity contribution in [3.05, 3.63) is 117 Å². The van der Waals surface area contributed by atoms with E-state index >= 15 is 0 Å². The van der Waals surface area contributed by atoms with E-state index in [1.54, 1.807) is 66.7 Å². The van der Waals surface area contributed by atoms with Gasteiger partial charge >= 0.3 is 5.97 Å². The highest BCUT2D eigenvalue weighted by atomic mass is 79.9. The minimum absolute atomic E-state index is 0.151. The van der Waals surface area contributed by atoms with Crippen molar-refractivity contribution in [2.24, 2.45) is 5.10 Å². The Morgan fingerprint density at radius 1 is 0.861 bits per heavy atom. The molecular weight excluding hydrogens is 594 g/mol. The van der Waals surface area contributed by atoms with E-state index in [2.05, 4.69) is 47.7 Å². The molecule has 0 fully saturated rings. The Hall–Kier alpha value is -4.02. The Morgan fingerprint density at radius 2 is 1.64 bits per heavy atom. The summed E-state index contributed by atoms with van der Waals surface area (Å²) < 4.78 is 11.9. The first-order valence-corrected chi connectivity index (χ1v) is 12.0. The van der Waals surface area contributed by atoms with Crippen LogP contribution in [0.1, 0.15) is 36.8 Å². The second kappa shape index (κ2) is 11.6. The Morgan fingerprint density at radius 3 is 2.39 bits per heavy atom. The van der Waals surface area contributed by atoms with Gasteiger partial charge < -0.3 is 14.5 Å². The smallest absolute Gasteiger partial charge is 0.343 e. The lowest BCUT2D eigenvalue weighted by Gasteiger charge is -2.10. The second-order valence-corrected chi connectivity index (χ2v) is 9.04. The van der Waals surface area contributed by atoms with Crippen LogP contribution >= 0.6 is 31.9 Å². The van der Waals surface area contributed by atoms with Crippen molar-refractivity contribution in [1.82, 2.24) is 5.43 Å². The van der Waals surface area contributed by atoms with Crippen molar-refractivity contribution < 1.29 is 23.5 Å². The Bertz CT molecular complexity index is 1440. The monoisotopic (exact) mass is 609 g/mol. The first kappa shape index (κ1) is 25.1. The van der Waals surface area contributed by atoms with Gasteiger partial charge in [0.1, 0.15) is 0 Å². The molecule has 2 amide bonds. The molecule has 2 N–H and O–H groups in total. The Balaban J connectivity index is 1.46. The molecule has 0 spiro atoms. The van der Waals surface area contributed by atoms with Crippen molar-refractivity contribution in [1.29, 1.82) is 0 Å². The highest BCUT2D eigenvalue weighted by Gasteiger charge is 2.15. The minimum atomic E-state index is -0.536. The van der Waals surface area contributed by atoms with Gasteiger partial charge in [-0.3, -0.25) is 9.59 Å². The first-order valence-electron chi connectivity index (χ1n) is 10.5. The topological polar surface area (TPSA) is 110 Å². The maximum atomic E-state index is 12.6. The number of hydrogen-bond acceptors (Lipinski definition) is 6. The number of nitrogens with zero attached hydrogens (tertiary/aromatic N) is 1. The number of anilines is 1. The van der Waals surface area contributed by atoms with Gasteiger partial charge in [0, 0.05) is 21.3 Å². The summed E-state index contributed by atoms with van der Waals surface area (Å²) in [7, 11) is 0. The summed E-state index contributed by atoms with van der Waals surface area (Å²) in [5.41, 5.74) is 3.96. The SMILES string of the molecule is O=C(NN=Cc1cc(Br)cc(Br)c1OC(=O)c1ccccc1)c1cccc(NC(=O)c2ccco2)c1. The third-order valence-corrected chi connectivity index (χ3v) is 5.79. The van der Waals surface area contributed by atoms with Gasteiger partial charge in [0.05, 0.1) is 22.5 Å². The summed E-state index contributed by atoms with van der Waals surface area (Å²) in [4.78, 5) is 37.3. The predicted octanol–water partition coefficient (Wildman–Crippen LogP) is 6.04. The van der Waals surface area contributed by atoms with Gasteiger partial charge in [-0.25, -0.2) is 10.2 Å². The zero-order valence-corrected chi connectivity index (χ0v) is 21.6. The summed E-state index contributed by atoms with van der Waals surface area (Å²) in [6.07, 6.45) is 2.76. The Labute approximate surface area is 222 Å². The number of carbonyl (C=O) groups excluding carboxylic acids is 3. The molecule has 0 saturated heterocycles. The number of carbonyl (C=O) groups is 3. The molecule has 180 valence electrons. The summed E-state index contributed by atoms with van der Waals surface area (Å²) in [6.45, 7) is 0. The van der Waals surface area contributed by atoms with Gasteiger partial charge in [-0.05, 0) is 70.5 Å². The van der Waals surface area contributed by atoms with Crippen molar-refractivity contribution in [3.63, 3.8) is 0 Å².